The largest absolute Gasteiger partial charge is 0.280 e. The van der Waals surface area contributed by atoms with Gasteiger partial charge in [-0.05, 0) is 24.4 Å². The maximum atomic E-state index is 10.8. The molecule has 0 heterocycles. The first kappa shape index (κ1) is 8.54. The molecule has 0 radical (unpaired) electrons. The molecule has 1 aliphatic carbocycles. The number of hydrogen-bond donors (Lipinski definition) is 0. The van der Waals surface area contributed by atoms with Crippen LogP contribution in [0.2, 0.25) is 0 Å². The fourth-order valence-corrected chi connectivity index (χ4v) is 2.06. The van der Waals surface area contributed by atoms with E-state index in [0.717, 1.165) is 25.7 Å². The Kier molecular flexibility index (Phi) is 2.75. The average molecular weight is 226 g/mol. The van der Waals surface area contributed by atoms with E-state index in [1.807, 2.05) is 0 Å². The number of hydrogen-bond acceptors (Lipinski definition) is 1. The van der Waals surface area contributed by atoms with Crippen LogP contribution in [0.1, 0.15) is 32.1 Å². The van der Waals surface area contributed by atoms with Crippen molar-refractivity contribution < 1.29 is 4.79 Å². The van der Waals surface area contributed by atoms with E-state index in [2.05, 4.69) is 15.9 Å². The molecule has 0 aliphatic heterocycles. The third kappa shape index (κ3) is 1.73. The predicted molar refractivity (Wildman–Crippen MR) is 45.6 cm³/mol. The van der Waals surface area contributed by atoms with Crippen molar-refractivity contribution in [2.75, 3.05) is 0 Å². The van der Waals surface area contributed by atoms with Gasteiger partial charge in [0.1, 0.15) is 0 Å². The fourth-order valence-electron chi connectivity index (χ4n) is 1.31. The topological polar surface area (TPSA) is 17.1 Å². The molecule has 0 spiro atoms. The lowest BCUT2D eigenvalue weighted by atomic mass is 9.90. The minimum Gasteiger partial charge on any atom is -0.280 e. The first-order valence-electron chi connectivity index (χ1n) is 3.54. The van der Waals surface area contributed by atoms with Gasteiger partial charge >= 0.3 is 0 Å². The van der Waals surface area contributed by atoms with Gasteiger partial charge in [-0.15, -0.1) is 0 Å². The standard InChI is InChI=1S/C7H10BrClO/c8-7(6(9)10)4-2-1-3-5-7/h1-5H2. The van der Waals surface area contributed by atoms with E-state index in [4.69, 9.17) is 11.6 Å². The molecule has 0 aromatic carbocycles. The van der Waals surface area contributed by atoms with Gasteiger partial charge in [-0.25, -0.2) is 0 Å². The highest BCUT2D eigenvalue weighted by atomic mass is 79.9. The van der Waals surface area contributed by atoms with E-state index in [9.17, 15) is 4.79 Å². The van der Waals surface area contributed by atoms with Gasteiger partial charge in [0, 0.05) is 0 Å². The van der Waals surface area contributed by atoms with E-state index in [1.165, 1.54) is 6.42 Å². The number of carbonyl (C=O) groups is 1. The van der Waals surface area contributed by atoms with Gasteiger partial charge < -0.3 is 0 Å². The zero-order chi connectivity index (χ0) is 7.61. The molecule has 1 saturated carbocycles. The van der Waals surface area contributed by atoms with Gasteiger partial charge in [0.2, 0.25) is 5.24 Å². The Balaban J connectivity index is 2.56. The van der Waals surface area contributed by atoms with E-state index in [0.29, 0.717) is 0 Å². The Morgan fingerprint density at radius 2 is 1.80 bits per heavy atom. The second-order valence-corrected chi connectivity index (χ2v) is 4.66. The molecule has 0 saturated heterocycles. The minimum atomic E-state index is -0.382. The van der Waals surface area contributed by atoms with Gasteiger partial charge in [0.15, 0.2) is 0 Å². The third-order valence-corrected chi connectivity index (χ3v) is 3.74. The number of carbonyl (C=O) groups excluding carboxylic acids is 1. The van der Waals surface area contributed by atoms with Crippen molar-refractivity contribution in [3.8, 4) is 0 Å². The Bertz CT molecular complexity index is 141. The fraction of sp³-hybridized carbons (Fsp3) is 0.857. The minimum absolute atomic E-state index is 0.229. The lowest BCUT2D eigenvalue weighted by Crippen LogP contribution is -2.30. The van der Waals surface area contributed by atoms with E-state index in [1.54, 1.807) is 0 Å². The summed E-state index contributed by atoms with van der Waals surface area (Å²) in [5.74, 6) is 0. The van der Waals surface area contributed by atoms with Gasteiger partial charge in [0.05, 0.1) is 4.32 Å². The molecule has 1 nitrogen and oxygen atoms in total. The van der Waals surface area contributed by atoms with E-state index >= 15 is 0 Å². The third-order valence-electron chi connectivity index (χ3n) is 2.00. The summed E-state index contributed by atoms with van der Waals surface area (Å²) in [5.41, 5.74) is 0. The molecule has 0 atom stereocenters. The van der Waals surface area contributed by atoms with Crippen molar-refractivity contribution in [3.63, 3.8) is 0 Å². The number of rotatable bonds is 1. The van der Waals surface area contributed by atoms with Crippen LogP contribution in [0.4, 0.5) is 0 Å². The maximum absolute atomic E-state index is 10.8. The maximum Gasteiger partial charge on any atom is 0.238 e. The lowest BCUT2D eigenvalue weighted by molar-refractivity contribution is -0.114. The van der Waals surface area contributed by atoms with Crippen LogP contribution < -0.4 is 0 Å². The van der Waals surface area contributed by atoms with Crippen LogP contribution in [0.3, 0.4) is 0 Å². The highest BCUT2D eigenvalue weighted by Crippen LogP contribution is 2.37. The smallest absolute Gasteiger partial charge is 0.238 e. The van der Waals surface area contributed by atoms with Gasteiger partial charge in [-0.1, -0.05) is 35.2 Å². The summed E-state index contributed by atoms with van der Waals surface area (Å²) in [5, 5.41) is -0.229. The molecule has 10 heavy (non-hydrogen) atoms. The summed E-state index contributed by atoms with van der Waals surface area (Å²) in [4.78, 5) is 10.8. The summed E-state index contributed by atoms with van der Waals surface area (Å²) in [7, 11) is 0. The molecule has 58 valence electrons. The zero-order valence-corrected chi connectivity index (χ0v) is 8.04. The molecule has 0 bridgehead atoms. The SMILES string of the molecule is O=C(Cl)C1(Br)CCCCC1. The predicted octanol–water partition coefficient (Wildman–Crippen LogP) is 2.85. The molecule has 0 aromatic heterocycles. The molecule has 1 fully saturated rings. The molecule has 0 N–H and O–H groups in total. The van der Waals surface area contributed by atoms with Crippen LogP contribution >= 0.6 is 27.5 Å². The van der Waals surface area contributed by atoms with Crippen molar-refractivity contribution in [1.29, 1.82) is 0 Å². The zero-order valence-electron chi connectivity index (χ0n) is 5.70. The number of alkyl halides is 1. The normalized spacial score (nSPS) is 24.2. The summed E-state index contributed by atoms with van der Waals surface area (Å²) in [6, 6.07) is 0. The number of halogens is 2. The Morgan fingerprint density at radius 3 is 2.10 bits per heavy atom. The van der Waals surface area contributed by atoms with Crippen molar-refractivity contribution in [1.82, 2.24) is 0 Å². The highest BCUT2D eigenvalue weighted by molar-refractivity contribution is 9.10. The molecular formula is C7H10BrClO. The van der Waals surface area contributed by atoms with Crippen molar-refractivity contribution in [2.45, 2.75) is 36.4 Å². The molecule has 1 aliphatic rings. The summed E-state index contributed by atoms with van der Waals surface area (Å²) in [6.07, 6.45) is 5.26. The molecule has 0 unspecified atom stereocenters. The van der Waals surface area contributed by atoms with Gasteiger partial charge in [-0.2, -0.15) is 0 Å². The highest BCUT2D eigenvalue weighted by Gasteiger charge is 2.35. The van der Waals surface area contributed by atoms with Crippen molar-refractivity contribution in [3.05, 3.63) is 0 Å². The summed E-state index contributed by atoms with van der Waals surface area (Å²) < 4.78 is -0.382. The molecule has 0 amide bonds. The Labute approximate surface area is 74.3 Å². The van der Waals surface area contributed by atoms with E-state index in [-0.39, 0.29) is 9.57 Å². The molecule has 1 rings (SSSR count). The molecular weight excluding hydrogens is 215 g/mol. The molecule has 3 heteroatoms. The second-order valence-electron chi connectivity index (χ2n) is 2.80. The summed E-state index contributed by atoms with van der Waals surface area (Å²) in [6.45, 7) is 0. The van der Waals surface area contributed by atoms with Crippen LogP contribution in [0.15, 0.2) is 0 Å². The second kappa shape index (κ2) is 3.22. The van der Waals surface area contributed by atoms with Crippen LogP contribution in [0.25, 0.3) is 0 Å². The van der Waals surface area contributed by atoms with Crippen molar-refractivity contribution in [2.24, 2.45) is 0 Å². The summed E-state index contributed by atoms with van der Waals surface area (Å²) >= 11 is 8.79. The van der Waals surface area contributed by atoms with Crippen LogP contribution in [-0.4, -0.2) is 9.57 Å². The Hall–Kier alpha value is 0.440. The average Bonchev–Trinajstić information content (AvgIpc) is 1.89. The van der Waals surface area contributed by atoms with Gasteiger partial charge in [0.25, 0.3) is 0 Å². The van der Waals surface area contributed by atoms with Crippen LogP contribution in [-0.2, 0) is 4.79 Å². The van der Waals surface area contributed by atoms with Crippen molar-refractivity contribution >= 4 is 32.8 Å². The Morgan fingerprint density at radius 1 is 1.30 bits per heavy atom. The quantitative estimate of drug-likeness (QED) is 0.495. The lowest BCUT2D eigenvalue weighted by Gasteiger charge is -2.27. The van der Waals surface area contributed by atoms with Crippen LogP contribution in [0.5, 0.6) is 0 Å². The first-order chi connectivity index (χ1) is 4.65. The first-order valence-corrected chi connectivity index (χ1v) is 4.71. The molecule has 0 aromatic rings. The van der Waals surface area contributed by atoms with Crippen LogP contribution in [0, 0.1) is 0 Å². The van der Waals surface area contributed by atoms with E-state index < -0.39 is 0 Å². The monoisotopic (exact) mass is 224 g/mol. The van der Waals surface area contributed by atoms with Gasteiger partial charge in [-0.3, -0.25) is 4.79 Å².